The second kappa shape index (κ2) is 36.8. The van der Waals surface area contributed by atoms with E-state index >= 15 is 0 Å². The topological polar surface area (TPSA) is 72.8 Å². The van der Waals surface area contributed by atoms with Crippen LogP contribution in [0.4, 0.5) is 0 Å². The number of hydrogen-bond acceptors (Lipinski definition) is 5. The molecule has 0 aromatic heterocycles. The van der Waals surface area contributed by atoms with Crippen molar-refractivity contribution in [1.82, 2.24) is 0 Å². The molecular weight excluding hydrogens is 572 g/mol. The summed E-state index contributed by atoms with van der Waals surface area (Å²) in [7, 11) is 0. The molecule has 0 bridgehead atoms. The quantitative estimate of drug-likeness (QED) is 0.0450. The zero-order chi connectivity index (χ0) is 33.6. The predicted octanol–water partition coefficient (Wildman–Crippen LogP) is 11.4. The number of hydrogen-bond donors (Lipinski definition) is 1. The van der Waals surface area contributed by atoms with Gasteiger partial charge in [-0.1, -0.05) is 157 Å². The van der Waals surface area contributed by atoms with Gasteiger partial charge in [-0.15, -0.1) is 0 Å². The van der Waals surface area contributed by atoms with Crippen molar-refractivity contribution in [3.63, 3.8) is 0 Å². The maximum absolute atomic E-state index is 12.2. The minimum Gasteiger partial charge on any atom is -0.462 e. The maximum atomic E-state index is 12.2. The summed E-state index contributed by atoms with van der Waals surface area (Å²) >= 11 is 0. The molecule has 0 aliphatic carbocycles. The second-order valence-corrected chi connectivity index (χ2v) is 12.0. The molecule has 5 heteroatoms. The molecule has 0 saturated carbocycles. The second-order valence-electron chi connectivity index (χ2n) is 12.0. The fourth-order valence-electron chi connectivity index (χ4n) is 4.79. The standard InChI is InChI=1S/C41H68O5/c1-3-5-7-9-11-13-15-17-18-19-20-21-22-24-26-28-30-32-34-36-41(44)46-39(37-42)38-45-40(43)35-33-31-29-27-25-23-16-14-12-10-8-6-4-2/h6,8,10-17,23,25,39,42H,3-5,7,9,18-22,24,26-38H2,1-2H3/b8-6+,12-10+,13-11+,16-14+,17-15+,25-23+. The summed E-state index contributed by atoms with van der Waals surface area (Å²) in [5.41, 5.74) is 0. The third-order valence-corrected chi connectivity index (χ3v) is 7.61. The van der Waals surface area contributed by atoms with Gasteiger partial charge in [0.15, 0.2) is 6.10 Å². The van der Waals surface area contributed by atoms with Crippen LogP contribution in [0.5, 0.6) is 0 Å². The fraction of sp³-hybridized carbons (Fsp3) is 0.659. The molecule has 0 fully saturated rings. The van der Waals surface area contributed by atoms with Crippen LogP contribution in [0.25, 0.3) is 0 Å². The van der Waals surface area contributed by atoms with Crippen LogP contribution in [0.2, 0.25) is 0 Å². The Balaban J connectivity index is 3.63. The highest BCUT2D eigenvalue weighted by molar-refractivity contribution is 5.70. The van der Waals surface area contributed by atoms with Gasteiger partial charge in [0.05, 0.1) is 6.61 Å². The summed E-state index contributed by atoms with van der Waals surface area (Å²) in [6.07, 6.45) is 48.1. The molecule has 0 heterocycles. The highest BCUT2D eigenvalue weighted by Gasteiger charge is 2.16. The molecule has 5 nitrogen and oxygen atoms in total. The molecule has 0 aromatic carbocycles. The molecule has 0 radical (unpaired) electrons. The lowest BCUT2D eigenvalue weighted by molar-refractivity contribution is -0.161. The van der Waals surface area contributed by atoms with E-state index < -0.39 is 6.10 Å². The van der Waals surface area contributed by atoms with Crippen molar-refractivity contribution in [3.8, 4) is 0 Å². The highest BCUT2D eigenvalue weighted by atomic mass is 16.6. The number of aliphatic hydroxyl groups excluding tert-OH is 1. The molecule has 262 valence electrons. The van der Waals surface area contributed by atoms with Crippen molar-refractivity contribution in [2.75, 3.05) is 13.2 Å². The van der Waals surface area contributed by atoms with E-state index in [0.29, 0.717) is 12.8 Å². The largest absolute Gasteiger partial charge is 0.462 e. The number of unbranched alkanes of at least 4 members (excludes halogenated alkanes) is 16. The van der Waals surface area contributed by atoms with Crippen LogP contribution in [0, 0.1) is 0 Å². The van der Waals surface area contributed by atoms with Gasteiger partial charge in [0.25, 0.3) is 0 Å². The van der Waals surface area contributed by atoms with Crippen LogP contribution in [-0.4, -0.2) is 36.4 Å². The average Bonchev–Trinajstić information content (AvgIpc) is 3.06. The van der Waals surface area contributed by atoms with E-state index in [1.807, 2.05) is 36.5 Å². The minimum atomic E-state index is -0.791. The minimum absolute atomic E-state index is 0.0912. The van der Waals surface area contributed by atoms with Crippen molar-refractivity contribution in [2.45, 2.75) is 161 Å². The molecule has 1 unspecified atom stereocenters. The van der Waals surface area contributed by atoms with Gasteiger partial charge in [0.1, 0.15) is 6.61 Å². The first kappa shape index (κ1) is 43.3. The van der Waals surface area contributed by atoms with Crippen molar-refractivity contribution in [3.05, 3.63) is 72.9 Å². The number of carbonyl (C=O) groups excluding carboxylic acids is 2. The lowest BCUT2D eigenvalue weighted by atomic mass is 10.1. The van der Waals surface area contributed by atoms with Crippen molar-refractivity contribution in [2.24, 2.45) is 0 Å². The van der Waals surface area contributed by atoms with E-state index in [1.54, 1.807) is 0 Å². The van der Waals surface area contributed by atoms with Gasteiger partial charge in [0, 0.05) is 12.8 Å². The summed E-state index contributed by atoms with van der Waals surface area (Å²) in [5, 5.41) is 9.53. The highest BCUT2D eigenvalue weighted by Crippen LogP contribution is 2.13. The molecule has 1 N–H and O–H groups in total. The number of rotatable bonds is 32. The summed E-state index contributed by atoms with van der Waals surface area (Å²) in [6, 6.07) is 0. The first-order valence-corrected chi connectivity index (χ1v) is 18.6. The van der Waals surface area contributed by atoms with Crippen molar-refractivity contribution >= 4 is 11.9 Å². The lowest BCUT2D eigenvalue weighted by Gasteiger charge is -2.15. The van der Waals surface area contributed by atoms with E-state index in [0.717, 1.165) is 51.4 Å². The summed E-state index contributed by atoms with van der Waals surface area (Å²) in [6.45, 7) is 3.91. The number of ether oxygens (including phenoxy) is 2. The number of esters is 2. The summed E-state index contributed by atoms with van der Waals surface area (Å²) in [5.74, 6) is -0.648. The number of carbonyl (C=O) groups is 2. The molecule has 0 saturated heterocycles. The average molecular weight is 641 g/mol. The summed E-state index contributed by atoms with van der Waals surface area (Å²) < 4.78 is 10.5. The smallest absolute Gasteiger partial charge is 0.306 e. The Morgan fingerprint density at radius 3 is 1.46 bits per heavy atom. The molecular formula is C41H68O5. The van der Waals surface area contributed by atoms with Gasteiger partial charge in [-0.2, -0.15) is 0 Å². The van der Waals surface area contributed by atoms with E-state index in [9.17, 15) is 14.7 Å². The Hall–Kier alpha value is -2.66. The Bertz CT molecular complexity index is 864. The Kier molecular flexibility index (Phi) is 34.7. The number of allylic oxidation sites excluding steroid dienone is 12. The van der Waals surface area contributed by atoms with Gasteiger partial charge in [-0.05, 0) is 57.8 Å². The molecule has 0 aromatic rings. The maximum Gasteiger partial charge on any atom is 0.306 e. The lowest BCUT2D eigenvalue weighted by Crippen LogP contribution is -2.28. The van der Waals surface area contributed by atoms with Gasteiger partial charge in [0.2, 0.25) is 0 Å². The van der Waals surface area contributed by atoms with Crippen LogP contribution in [0.1, 0.15) is 155 Å². The van der Waals surface area contributed by atoms with E-state index in [2.05, 4.69) is 50.3 Å². The molecule has 0 aliphatic heterocycles. The Labute approximate surface area is 283 Å². The molecule has 0 spiro atoms. The van der Waals surface area contributed by atoms with Gasteiger partial charge < -0.3 is 14.6 Å². The van der Waals surface area contributed by atoms with Crippen LogP contribution < -0.4 is 0 Å². The van der Waals surface area contributed by atoms with Gasteiger partial charge >= 0.3 is 11.9 Å². The fourth-order valence-corrected chi connectivity index (χ4v) is 4.79. The molecule has 46 heavy (non-hydrogen) atoms. The normalized spacial score (nSPS) is 13.0. The molecule has 0 aliphatic rings. The Morgan fingerprint density at radius 2 is 0.935 bits per heavy atom. The van der Waals surface area contributed by atoms with Crippen molar-refractivity contribution in [1.29, 1.82) is 0 Å². The first-order valence-electron chi connectivity index (χ1n) is 18.6. The van der Waals surface area contributed by atoms with E-state index in [-0.39, 0.29) is 25.2 Å². The molecule has 1 atom stereocenters. The third-order valence-electron chi connectivity index (χ3n) is 7.61. The van der Waals surface area contributed by atoms with Gasteiger partial charge in [-0.25, -0.2) is 0 Å². The predicted molar refractivity (Wildman–Crippen MR) is 196 cm³/mol. The van der Waals surface area contributed by atoms with Crippen LogP contribution in [-0.2, 0) is 19.1 Å². The number of aliphatic hydroxyl groups is 1. The zero-order valence-corrected chi connectivity index (χ0v) is 29.6. The van der Waals surface area contributed by atoms with E-state index in [1.165, 1.54) is 77.0 Å². The van der Waals surface area contributed by atoms with Crippen LogP contribution >= 0.6 is 0 Å². The third kappa shape index (κ3) is 34.2. The SMILES string of the molecule is CC/C=C/C=C/C=C/C=C/CCCCCC(=O)OCC(CO)OC(=O)CCCCCCCCCCCC/C=C/C=C/CCCCC. The van der Waals surface area contributed by atoms with Crippen molar-refractivity contribution < 1.29 is 24.2 Å². The zero-order valence-electron chi connectivity index (χ0n) is 29.6. The monoisotopic (exact) mass is 641 g/mol. The van der Waals surface area contributed by atoms with Gasteiger partial charge in [-0.3, -0.25) is 9.59 Å². The first-order chi connectivity index (χ1) is 22.6. The van der Waals surface area contributed by atoms with Crippen LogP contribution in [0.15, 0.2) is 72.9 Å². The molecule has 0 amide bonds. The molecule has 0 rings (SSSR count). The van der Waals surface area contributed by atoms with E-state index in [4.69, 9.17) is 9.47 Å². The Morgan fingerprint density at radius 1 is 0.522 bits per heavy atom. The van der Waals surface area contributed by atoms with Crippen LogP contribution in [0.3, 0.4) is 0 Å². The summed E-state index contributed by atoms with van der Waals surface area (Å²) in [4.78, 5) is 24.2.